The van der Waals surface area contributed by atoms with Crippen LogP contribution in [-0.2, 0) is 0 Å². The predicted octanol–water partition coefficient (Wildman–Crippen LogP) is 2.47. The maximum atomic E-state index is 11.3. The van der Waals surface area contributed by atoms with Gasteiger partial charge in [-0.15, -0.1) is 0 Å². The van der Waals surface area contributed by atoms with E-state index in [0.717, 1.165) is 25.1 Å². The first-order valence-corrected chi connectivity index (χ1v) is 6.69. The molecule has 3 heteroatoms. The molecule has 1 N–H and O–H groups in total. The summed E-state index contributed by atoms with van der Waals surface area (Å²) < 4.78 is 0. The third-order valence-electron chi connectivity index (χ3n) is 3.66. The summed E-state index contributed by atoms with van der Waals surface area (Å²) in [6.07, 6.45) is 1.15. The van der Waals surface area contributed by atoms with Crippen molar-refractivity contribution in [3.63, 3.8) is 0 Å². The summed E-state index contributed by atoms with van der Waals surface area (Å²) in [5.41, 5.74) is 2.00. The van der Waals surface area contributed by atoms with Crippen LogP contribution in [0.2, 0.25) is 0 Å². The van der Waals surface area contributed by atoms with Crippen molar-refractivity contribution >= 4 is 11.5 Å². The molecule has 2 unspecified atom stereocenters. The van der Waals surface area contributed by atoms with Crippen LogP contribution in [-0.4, -0.2) is 31.0 Å². The number of carbonyl (C=O) groups is 1. The minimum absolute atomic E-state index is 0.125. The molecule has 0 spiro atoms. The molecule has 2 rings (SSSR count). The third kappa shape index (κ3) is 2.91. The number of benzene rings is 1. The van der Waals surface area contributed by atoms with E-state index in [1.54, 1.807) is 6.92 Å². The summed E-state index contributed by atoms with van der Waals surface area (Å²) in [7, 11) is 0. The average molecular weight is 246 g/mol. The lowest BCUT2D eigenvalue weighted by molar-refractivity contribution is 0.101. The van der Waals surface area contributed by atoms with E-state index >= 15 is 0 Å². The Morgan fingerprint density at radius 2 is 1.94 bits per heavy atom. The number of nitrogens with one attached hydrogen (secondary N) is 1. The number of ketones is 1. The highest BCUT2D eigenvalue weighted by atomic mass is 16.1. The molecule has 1 fully saturated rings. The Balaban J connectivity index is 2.20. The first kappa shape index (κ1) is 13.1. The van der Waals surface area contributed by atoms with Crippen molar-refractivity contribution in [2.75, 3.05) is 18.0 Å². The Hall–Kier alpha value is -1.35. The molecule has 2 atom stereocenters. The lowest BCUT2D eigenvalue weighted by Crippen LogP contribution is -2.38. The summed E-state index contributed by atoms with van der Waals surface area (Å²) in [6.45, 7) is 8.17. The van der Waals surface area contributed by atoms with E-state index in [9.17, 15) is 4.79 Å². The fourth-order valence-corrected chi connectivity index (χ4v) is 2.48. The number of carbonyl (C=O) groups excluding carboxylic acids is 1. The Morgan fingerprint density at radius 1 is 1.28 bits per heavy atom. The van der Waals surface area contributed by atoms with Crippen LogP contribution in [0.15, 0.2) is 24.3 Å². The molecule has 1 aliphatic rings. The summed E-state index contributed by atoms with van der Waals surface area (Å²) in [5.74, 6) is 0.125. The Morgan fingerprint density at radius 3 is 2.56 bits per heavy atom. The summed E-state index contributed by atoms with van der Waals surface area (Å²) in [5, 5.41) is 3.51. The van der Waals surface area contributed by atoms with Gasteiger partial charge in [0.15, 0.2) is 5.78 Å². The zero-order chi connectivity index (χ0) is 13.1. The second-order valence-electron chi connectivity index (χ2n) is 5.25. The van der Waals surface area contributed by atoms with E-state index < -0.39 is 0 Å². The van der Waals surface area contributed by atoms with E-state index in [4.69, 9.17) is 0 Å². The van der Waals surface area contributed by atoms with Crippen LogP contribution in [0.1, 0.15) is 37.6 Å². The van der Waals surface area contributed by atoms with Crippen LogP contribution in [0.25, 0.3) is 0 Å². The molecule has 0 radical (unpaired) electrons. The average Bonchev–Trinajstić information content (AvgIpc) is 2.51. The molecule has 0 aromatic heterocycles. The highest BCUT2D eigenvalue weighted by Gasteiger charge is 2.20. The zero-order valence-electron chi connectivity index (χ0n) is 11.4. The van der Waals surface area contributed by atoms with Gasteiger partial charge < -0.3 is 10.2 Å². The third-order valence-corrected chi connectivity index (χ3v) is 3.66. The van der Waals surface area contributed by atoms with Crippen molar-refractivity contribution in [1.29, 1.82) is 0 Å². The Kier molecular flexibility index (Phi) is 4.02. The second-order valence-corrected chi connectivity index (χ2v) is 5.25. The van der Waals surface area contributed by atoms with Gasteiger partial charge >= 0.3 is 0 Å². The fraction of sp³-hybridized carbons (Fsp3) is 0.533. The smallest absolute Gasteiger partial charge is 0.159 e. The molecule has 0 saturated carbocycles. The van der Waals surface area contributed by atoms with Crippen LogP contribution >= 0.6 is 0 Å². The van der Waals surface area contributed by atoms with Gasteiger partial charge in [0.05, 0.1) is 0 Å². The monoisotopic (exact) mass is 246 g/mol. The Labute approximate surface area is 109 Å². The van der Waals surface area contributed by atoms with Crippen molar-refractivity contribution in [2.45, 2.75) is 39.3 Å². The van der Waals surface area contributed by atoms with Crippen LogP contribution < -0.4 is 10.2 Å². The molecule has 1 aromatic carbocycles. The van der Waals surface area contributed by atoms with E-state index in [-0.39, 0.29) is 5.78 Å². The molecular weight excluding hydrogens is 224 g/mol. The molecule has 1 heterocycles. The van der Waals surface area contributed by atoms with Crippen molar-refractivity contribution in [2.24, 2.45) is 0 Å². The fourth-order valence-electron chi connectivity index (χ4n) is 2.48. The molecule has 0 amide bonds. The number of hydrogen-bond donors (Lipinski definition) is 1. The van der Waals surface area contributed by atoms with E-state index in [1.165, 1.54) is 5.69 Å². The molecule has 18 heavy (non-hydrogen) atoms. The van der Waals surface area contributed by atoms with Crippen LogP contribution in [0, 0.1) is 0 Å². The van der Waals surface area contributed by atoms with Gasteiger partial charge in [0.2, 0.25) is 0 Å². The highest BCUT2D eigenvalue weighted by molar-refractivity contribution is 5.94. The molecular formula is C15H22N2O. The lowest BCUT2D eigenvalue weighted by Gasteiger charge is -2.30. The second kappa shape index (κ2) is 5.53. The number of nitrogens with zero attached hydrogens (tertiary/aromatic N) is 1. The molecule has 0 aliphatic carbocycles. The summed E-state index contributed by atoms with van der Waals surface area (Å²) in [4.78, 5) is 13.7. The highest BCUT2D eigenvalue weighted by Crippen LogP contribution is 2.21. The van der Waals surface area contributed by atoms with Gasteiger partial charge in [-0.05, 0) is 58.0 Å². The quantitative estimate of drug-likeness (QED) is 0.814. The minimum Gasteiger partial charge on any atom is -0.367 e. The molecule has 3 nitrogen and oxygen atoms in total. The lowest BCUT2D eigenvalue weighted by atomic mass is 10.1. The van der Waals surface area contributed by atoms with Crippen molar-refractivity contribution in [3.8, 4) is 0 Å². The van der Waals surface area contributed by atoms with E-state index in [0.29, 0.717) is 12.1 Å². The topological polar surface area (TPSA) is 32.3 Å². The predicted molar refractivity (Wildman–Crippen MR) is 75.3 cm³/mol. The number of anilines is 1. The first-order chi connectivity index (χ1) is 8.58. The molecule has 1 aromatic rings. The first-order valence-electron chi connectivity index (χ1n) is 6.69. The normalized spacial score (nSPS) is 24.7. The Bertz CT molecular complexity index is 413. The minimum atomic E-state index is 0.125. The molecule has 0 bridgehead atoms. The van der Waals surface area contributed by atoms with Gasteiger partial charge in [-0.3, -0.25) is 4.79 Å². The van der Waals surface area contributed by atoms with Gasteiger partial charge in [0.25, 0.3) is 0 Å². The van der Waals surface area contributed by atoms with E-state index in [2.05, 4.69) is 36.2 Å². The maximum Gasteiger partial charge on any atom is 0.159 e. The van der Waals surface area contributed by atoms with Gasteiger partial charge in [0.1, 0.15) is 0 Å². The SMILES string of the molecule is CC(=O)c1ccc(N2CC(C)NCCC2C)cc1. The summed E-state index contributed by atoms with van der Waals surface area (Å²) >= 11 is 0. The standard InChI is InChI=1S/C15H22N2O/c1-11-10-17(12(2)8-9-16-11)15-6-4-14(5-7-15)13(3)18/h4-7,11-12,16H,8-10H2,1-3H3. The van der Waals surface area contributed by atoms with Gasteiger partial charge in [-0.1, -0.05) is 0 Å². The zero-order valence-corrected chi connectivity index (χ0v) is 11.4. The van der Waals surface area contributed by atoms with Crippen LogP contribution in [0.5, 0.6) is 0 Å². The number of hydrogen-bond acceptors (Lipinski definition) is 3. The van der Waals surface area contributed by atoms with Crippen molar-refractivity contribution in [3.05, 3.63) is 29.8 Å². The van der Waals surface area contributed by atoms with Gasteiger partial charge in [0, 0.05) is 29.9 Å². The van der Waals surface area contributed by atoms with Crippen molar-refractivity contribution < 1.29 is 4.79 Å². The molecule has 1 saturated heterocycles. The molecule has 98 valence electrons. The van der Waals surface area contributed by atoms with Gasteiger partial charge in [-0.2, -0.15) is 0 Å². The summed E-state index contributed by atoms with van der Waals surface area (Å²) in [6, 6.07) is 9.00. The largest absolute Gasteiger partial charge is 0.367 e. The number of Topliss-reactive ketones (excluding diaryl/α,β-unsaturated/α-hetero) is 1. The van der Waals surface area contributed by atoms with Crippen LogP contribution in [0.4, 0.5) is 5.69 Å². The maximum absolute atomic E-state index is 11.3. The number of rotatable bonds is 2. The molecule has 1 aliphatic heterocycles. The van der Waals surface area contributed by atoms with Crippen LogP contribution in [0.3, 0.4) is 0 Å². The van der Waals surface area contributed by atoms with Gasteiger partial charge in [-0.25, -0.2) is 0 Å². The van der Waals surface area contributed by atoms with E-state index in [1.807, 2.05) is 12.1 Å². The van der Waals surface area contributed by atoms with Crippen molar-refractivity contribution in [1.82, 2.24) is 5.32 Å².